The fourth-order valence-electron chi connectivity index (χ4n) is 2.42. The maximum atomic E-state index is 11.8. The van der Waals surface area contributed by atoms with Gasteiger partial charge >= 0.3 is 13.5 Å². The number of nitrogens with one attached hydrogen (secondary N) is 1. The Labute approximate surface area is 180 Å². The number of phosphoric ester groups is 1. The number of phosphoric acid groups is 1. The summed E-state index contributed by atoms with van der Waals surface area (Å²) in [5.41, 5.74) is -0.625. The Bertz CT molecular complexity index is 736. The number of unbranched alkanes of at least 4 members (excludes halogenated alkanes) is 1. The normalized spacial score (nSPS) is 22.0. The third kappa shape index (κ3) is 7.18. The first-order chi connectivity index (χ1) is 11.8. The van der Waals surface area contributed by atoms with Crippen LogP contribution in [0.25, 0.3) is 0 Å². The van der Waals surface area contributed by atoms with Crippen molar-refractivity contribution in [3.8, 4) is 0 Å². The Balaban J connectivity index is 0.00000338. The molecule has 144 valence electrons. The van der Waals surface area contributed by atoms with Crippen molar-refractivity contribution in [1.82, 2.24) is 9.55 Å². The van der Waals surface area contributed by atoms with Gasteiger partial charge < -0.3 is 14.7 Å². The van der Waals surface area contributed by atoms with Crippen LogP contribution in [0, 0.1) is 6.92 Å². The van der Waals surface area contributed by atoms with Crippen LogP contribution in [0.5, 0.6) is 0 Å². The molecule has 12 heteroatoms. The minimum atomic E-state index is -4.18. The van der Waals surface area contributed by atoms with Gasteiger partial charge in [-0.1, -0.05) is 0 Å². The first-order valence-electron chi connectivity index (χ1n) is 8.02. The summed E-state index contributed by atoms with van der Waals surface area (Å²) in [6.07, 6.45) is 2.34. The first kappa shape index (κ1) is 24.0. The standard InChI is InChI=1S/C14H23N2O8P.Ca/c1-10-8-16(14(19)15-13(10)18)12-5-4-11(24-12)9-23-25(20,21)22-7-3-2-6-17;/h8,11-12,17H,2-7,9H2,1H3,(H,20,21)(H,15,18,19);/t11-,12-;/m1./s1. The zero-order valence-corrected chi connectivity index (χ0v) is 17.7. The number of nitrogens with zero attached hydrogens (tertiary/aromatic N) is 1. The molecule has 1 aromatic heterocycles. The van der Waals surface area contributed by atoms with E-state index in [0.29, 0.717) is 31.2 Å². The number of hydrogen-bond donors (Lipinski definition) is 3. The molecular weight excluding hydrogens is 395 g/mol. The molecule has 0 spiro atoms. The minimum Gasteiger partial charge on any atom is -0.396 e. The number of H-pyrrole nitrogens is 1. The molecule has 2 radical (unpaired) electrons. The van der Waals surface area contributed by atoms with Crippen LogP contribution in [0.2, 0.25) is 0 Å². The van der Waals surface area contributed by atoms with Crippen LogP contribution in [0.1, 0.15) is 37.5 Å². The topological polar surface area (TPSA) is 140 Å². The molecule has 0 amide bonds. The third-order valence-electron chi connectivity index (χ3n) is 3.77. The number of aliphatic hydroxyl groups excluding tert-OH is 1. The molecule has 0 aliphatic carbocycles. The zero-order chi connectivity index (χ0) is 18.4. The summed E-state index contributed by atoms with van der Waals surface area (Å²) >= 11 is 0. The smallest absolute Gasteiger partial charge is 0.396 e. The summed E-state index contributed by atoms with van der Waals surface area (Å²) in [4.78, 5) is 35.0. The van der Waals surface area contributed by atoms with Gasteiger partial charge in [0.05, 0.1) is 19.3 Å². The van der Waals surface area contributed by atoms with Crippen LogP contribution in [0.15, 0.2) is 15.8 Å². The summed E-state index contributed by atoms with van der Waals surface area (Å²) in [6.45, 7) is 1.43. The van der Waals surface area contributed by atoms with Gasteiger partial charge in [-0.2, -0.15) is 0 Å². The molecule has 1 aliphatic heterocycles. The van der Waals surface area contributed by atoms with Gasteiger partial charge in [-0.25, -0.2) is 9.36 Å². The van der Waals surface area contributed by atoms with Gasteiger partial charge in [0.2, 0.25) is 0 Å². The van der Waals surface area contributed by atoms with E-state index >= 15 is 0 Å². The summed E-state index contributed by atoms with van der Waals surface area (Å²) in [6, 6.07) is 0. The zero-order valence-electron chi connectivity index (χ0n) is 14.6. The van der Waals surface area contributed by atoms with Crippen LogP contribution >= 0.6 is 7.82 Å². The van der Waals surface area contributed by atoms with Crippen molar-refractivity contribution in [2.75, 3.05) is 19.8 Å². The fourth-order valence-corrected chi connectivity index (χ4v) is 3.21. The van der Waals surface area contributed by atoms with Crippen molar-refractivity contribution in [2.45, 2.75) is 44.9 Å². The van der Waals surface area contributed by atoms with Crippen LogP contribution in [0.3, 0.4) is 0 Å². The van der Waals surface area contributed by atoms with Gasteiger partial charge in [-0.15, -0.1) is 0 Å². The molecule has 1 unspecified atom stereocenters. The van der Waals surface area contributed by atoms with Crippen LogP contribution in [0.4, 0.5) is 0 Å². The molecule has 1 saturated heterocycles. The number of ether oxygens (including phenoxy) is 1. The average Bonchev–Trinajstić information content (AvgIpc) is 3.02. The van der Waals surface area contributed by atoms with Gasteiger partial charge in [-0.05, 0) is 32.6 Å². The summed E-state index contributed by atoms with van der Waals surface area (Å²) in [5, 5.41) is 8.63. The average molecular weight is 418 g/mol. The fraction of sp³-hybridized carbons (Fsp3) is 0.714. The second kappa shape index (κ2) is 11.1. The Morgan fingerprint density at radius 2 is 2.08 bits per heavy atom. The molecular formula is C14H23CaN2O8P. The maximum absolute atomic E-state index is 11.8. The molecule has 2 heterocycles. The molecule has 1 aliphatic rings. The number of aryl methyl sites for hydroxylation is 1. The molecule has 26 heavy (non-hydrogen) atoms. The molecule has 1 aromatic rings. The third-order valence-corrected chi connectivity index (χ3v) is 4.76. The summed E-state index contributed by atoms with van der Waals surface area (Å²) in [5.74, 6) is 0. The second-order valence-electron chi connectivity index (χ2n) is 5.80. The van der Waals surface area contributed by atoms with E-state index in [9.17, 15) is 19.0 Å². The molecule has 2 rings (SSSR count). The number of rotatable bonds is 9. The quantitative estimate of drug-likeness (QED) is 0.290. The van der Waals surface area contributed by atoms with E-state index in [1.807, 2.05) is 0 Å². The van der Waals surface area contributed by atoms with E-state index in [1.54, 1.807) is 6.92 Å². The van der Waals surface area contributed by atoms with Crippen molar-refractivity contribution in [1.29, 1.82) is 0 Å². The maximum Gasteiger partial charge on any atom is 0.472 e. The van der Waals surface area contributed by atoms with E-state index in [2.05, 4.69) is 4.98 Å². The molecule has 0 aromatic carbocycles. The molecule has 0 saturated carbocycles. The van der Waals surface area contributed by atoms with Crippen LogP contribution in [-0.4, -0.2) is 83.2 Å². The van der Waals surface area contributed by atoms with Crippen LogP contribution < -0.4 is 11.2 Å². The van der Waals surface area contributed by atoms with Crippen molar-refractivity contribution in [3.05, 3.63) is 32.6 Å². The number of hydrogen-bond acceptors (Lipinski definition) is 7. The van der Waals surface area contributed by atoms with Gasteiger partial charge in [0.15, 0.2) is 0 Å². The Morgan fingerprint density at radius 1 is 1.35 bits per heavy atom. The van der Waals surface area contributed by atoms with E-state index in [-0.39, 0.29) is 57.6 Å². The van der Waals surface area contributed by atoms with E-state index < -0.39 is 31.4 Å². The van der Waals surface area contributed by atoms with Gasteiger partial charge in [-0.3, -0.25) is 23.4 Å². The predicted octanol–water partition coefficient (Wildman–Crippen LogP) is 0.0479. The van der Waals surface area contributed by atoms with E-state index in [1.165, 1.54) is 10.8 Å². The Morgan fingerprint density at radius 3 is 2.77 bits per heavy atom. The Kier molecular flexibility index (Phi) is 10.2. The predicted molar refractivity (Wildman–Crippen MR) is 93.0 cm³/mol. The van der Waals surface area contributed by atoms with Gasteiger partial charge in [0, 0.05) is 56.1 Å². The molecule has 10 nitrogen and oxygen atoms in total. The van der Waals surface area contributed by atoms with Crippen molar-refractivity contribution < 1.29 is 28.3 Å². The summed E-state index contributed by atoms with van der Waals surface area (Å²) in [7, 11) is -4.18. The van der Waals surface area contributed by atoms with E-state index in [4.69, 9.17) is 18.9 Å². The first-order valence-corrected chi connectivity index (χ1v) is 9.52. The molecule has 0 bridgehead atoms. The number of aliphatic hydroxyl groups is 1. The second-order valence-corrected chi connectivity index (χ2v) is 7.25. The van der Waals surface area contributed by atoms with Gasteiger partial charge in [0.25, 0.3) is 5.56 Å². The van der Waals surface area contributed by atoms with E-state index in [0.717, 1.165) is 0 Å². The summed E-state index contributed by atoms with van der Waals surface area (Å²) < 4.78 is 28.4. The van der Waals surface area contributed by atoms with Crippen LogP contribution in [-0.2, 0) is 18.3 Å². The Hall–Kier alpha value is -0.0303. The monoisotopic (exact) mass is 418 g/mol. The SMILES string of the molecule is Cc1cn([C@H]2CC[C@H](COP(=O)(O)OCCCCO)O2)c(=O)[nH]c1=O.[Ca]. The molecule has 1 fully saturated rings. The minimum absolute atomic E-state index is 0. The van der Waals surface area contributed by atoms with Gasteiger partial charge in [0.1, 0.15) is 6.23 Å². The molecule has 3 N–H and O–H groups in total. The largest absolute Gasteiger partial charge is 0.472 e. The van der Waals surface area contributed by atoms with Crippen molar-refractivity contribution >= 4 is 45.6 Å². The van der Waals surface area contributed by atoms with Crippen molar-refractivity contribution in [3.63, 3.8) is 0 Å². The number of aromatic nitrogens is 2. The molecule has 3 atom stereocenters. The van der Waals surface area contributed by atoms with Crippen molar-refractivity contribution in [2.24, 2.45) is 0 Å². The number of aromatic amines is 1.